The van der Waals surface area contributed by atoms with Crippen molar-refractivity contribution in [1.82, 2.24) is 9.99 Å². The van der Waals surface area contributed by atoms with Gasteiger partial charge in [0.2, 0.25) is 0 Å². The predicted octanol–water partition coefficient (Wildman–Crippen LogP) is 6.71. The summed E-state index contributed by atoms with van der Waals surface area (Å²) in [5, 5.41) is 5.33. The minimum atomic E-state index is -4.08. The Morgan fingerprint density at radius 1 is 0.949 bits per heavy atom. The lowest BCUT2D eigenvalue weighted by atomic mass is 10.2. The summed E-state index contributed by atoms with van der Waals surface area (Å²) in [6.45, 7) is 5.00. The minimum absolute atomic E-state index is 0.0489. The number of halogens is 3. The Hall–Kier alpha value is -3.30. The van der Waals surface area contributed by atoms with Crippen LogP contribution in [-0.2, 0) is 14.8 Å². The second kappa shape index (κ2) is 11.8. The van der Waals surface area contributed by atoms with Crippen molar-refractivity contribution in [2.75, 3.05) is 10.8 Å². The number of sulfonamides is 1. The van der Waals surface area contributed by atoms with Gasteiger partial charge in [0, 0.05) is 22.0 Å². The predicted molar refractivity (Wildman–Crippen MR) is 158 cm³/mol. The summed E-state index contributed by atoms with van der Waals surface area (Å²) in [7, 11) is -4.08. The molecule has 11 heteroatoms. The molecule has 4 rings (SSSR count). The van der Waals surface area contributed by atoms with E-state index in [9.17, 15) is 13.2 Å². The first-order chi connectivity index (χ1) is 18.5. The SMILES string of the molecule is Cc1c(Cl)cccc1N(CC(=O)N/N=C\c1cc(C)n(-c2cccc(Cl)c2Cl)c1C)S(=O)(=O)c1ccccc1. The third-order valence-electron chi connectivity index (χ3n) is 6.16. The maximum atomic E-state index is 13.5. The fraction of sp³-hybridized carbons (Fsp3) is 0.143. The molecule has 0 bridgehead atoms. The van der Waals surface area contributed by atoms with Crippen LogP contribution in [0.5, 0.6) is 0 Å². The van der Waals surface area contributed by atoms with Crippen LogP contribution in [0.25, 0.3) is 5.69 Å². The van der Waals surface area contributed by atoms with Gasteiger partial charge in [-0.05, 0) is 68.8 Å². The molecule has 1 N–H and O–H groups in total. The lowest BCUT2D eigenvalue weighted by Gasteiger charge is -2.25. The molecule has 0 spiro atoms. The van der Waals surface area contributed by atoms with Gasteiger partial charge in [-0.25, -0.2) is 13.8 Å². The van der Waals surface area contributed by atoms with Crippen molar-refractivity contribution in [2.24, 2.45) is 5.10 Å². The van der Waals surface area contributed by atoms with E-state index in [2.05, 4.69) is 10.5 Å². The smallest absolute Gasteiger partial charge is 0.264 e. The van der Waals surface area contributed by atoms with Crippen molar-refractivity contribution < 1.29 is 13.2 Å². The van der Waals surface area contributed by atoms with Crippen LogP contribution in [0.2, 0.25) is 15.1 Å². The van der Waals surface area contributed by atoms with Crippen molar-refractivity contribution in [1.29, 1.82) is 0 Å². The summed E-state index contributed by atoms with van der Waals surface area (Å²) in [4.78, 5) is 13.0. The number of aromatic nitrogens is 1. The number of carbonyl (C=O) groups excluding carboxylic acids is 1. The quantitative estimate of drug-likeness (QED) is 0.180. The van der Waals surface area contributed by atoms with E-state index in [4.69, 9.17) is 34.8 Å². The number of nitrogens with zero attached hydrogens (tertiary/aromatic N) is 3. The number of hydrazone groups is 1. The van der Waals surface area contributed by atoms with Gasteiger partial charge in [0.1, 0.15) is 6.54 Å². The van der Waals surface area contributed by atoms with Gasteiger partial charge >= 0.3 is 0 Å². The molecular weight excluding hydrogens is 579 g/mol. The zero-order valence-electron chi connectivity index (χ0n) is 21.3. The average Bonchev–Trinajstić information content (AvgIpc) is 3.19. The number of rotatable bonds is 8. The zero-order chi connectivity index (χ0) is 28.3. The summed E-state index contributed by atoms with van der Waals surface area (Å²) < 4.78 is 30.0. The highest BCUT2D eigenvalue weighted by Gasteiger charge is 2.28. The highest BCUT2D eigenvalue weighted by Crippen LogP contribution is 2.32. The third kappa shape index (κ3) is 5.99. The van der Waals surface area contributed by atoms with Crippen LogP contribution in [-0.4, -0.2) is 31.7 Å². The number of amides is 1. The Morgan fingerprint density at radius 2 is 1.62 bits per heavy atom. The molecule has 39 heavy (non-hydrogen) atoms. The molecule has 1 aromatic heterocycles. The number of hydrogen-bond donors (Lipinski definition) is 1. The van der Waals surface area contributed by atoms with E-state index >= 15 is 0 Å². The molecule has 1 heterocycles. The van der Waals surface area contributed by atoms with Gasteiger partial charge in [0.05, 0.1) is 32.5 Å². The van der Waals surface area contributed by atoms with Gasteiger partial charge in [-0.15, -0.1) is 0 Å². The standard InChI is InChI=1S/C28H25Cl3N4O3S/c1-18-15-21(20(3)35(18)26-14-8-12-24(30)28(26)31)16-32-33-27(36)17-34(25-13-7-11-23(29)19(25)2)39(37,38)22-9-5-4-6-10-22/h4-16H,17H2,1-3H3,(H,33,36)/b32-16-. The van der Waals surface area contributed by atoms with Crippen molar-refractivity contribution in [3.8, 4) is 5.69 Å². The van der Waals surface area contributed by atoms with Crippen LogP contribution < -0.4 is 9.73 Å². The molecule has 202 valence electrons. The van der Waals surface area contributed by atoms with Crippen molar-refractivity contribution in [3.63, 3.8) is 0 Å². The van der Waals surface area contributed by atoms with Crippen LogP contribution in [0.1, 0.15) is 22.5 Å². The molecule has 0 saturated heterocycles. The monoisotopic (exact) mass is 602 g/mol. The van der Waals surface area contributed by atoms with Crippen LogP contribution in [0.4, 0.5) is 5.69 Å². The van der Waals surface area contributed by atoms with Crippen molar-refractivity contribution >= 4 is 62.6 Å². The molecule has 0 saturated carbocycles. The molecule has 0 radical (unpaired) electrons. The minimum Gasteiger partial charge on any atom is -0.316 e. The van der Waals surface area contributed by atoms with E-state index in [1.807, 2.05) is 36.6 Å². The third-order valence-corrected chi connectivity index (χ3v) is 9.15. The largest absolute Gasteiger partial charge is 0.316 e. The maximum absolute atomic E-state index is 13.5. The molecule has 0 atom stereocenters. The summed E-state index contributed by atoms with van der Waals surface area (Å²) in [5.41, 5.74) is 6.45. The van der Waals surface area contributed by atoms with Gasteiger partial charge in [0.25, 0.3) is 15.9 Å². The molecule has 4 aromatic rings. The molecule has 1 amide bonds. The van der Waals surface area contributed by atoms with Gasteiger partial charge in [-0.2, -0.15) is 5.10 Å². The summed E-state index contributed by atoms with van der Waals surface area (Å²) in [6.07, 6.45) is 1.50. The van der Waals surface area contributed by atoms with Crippen LogP contribution in [0.3, 0.4) is 0 Å². The van der Waals surface area contributed by atoms with Crippen LogP contribution in [0.15, 0.2) is 82.8 Å². The Labute approximate surface area is 242 Å². The molecule has 0 aliphatic rings. The molecule has 7 nitrogen and oxygen atoms in total. The summed E-state index contributed by atoms with van der Waals surface area (Å²) in [6, 6.07) is 20.1. The van der Waals surface area contributed by atoms with E-state index < -0.39 is 22.5 Å². The first-order valence-electron chi connectivity index (χ1n) is 11.8. The fourth-order valence-electron chi connectivity index (χ4n) is 4.18. The fourth-order valence-corrected chi connectivity index (χ4v) is 6.23. The Balaban J connectivity index is 1.59. The van der Waals surface area contributed by atoms with Gasteiger partial charge in [-0.3, -0.25) is 9.10 Å². The number of anilines is 1. The first kappa shape index (κ1) is 28.7. The molecule has 0 aliphatic carbocycles. The van der Waals surface area contributed by atoms with Gasteiger partial charge in [0.15, 0.2) is 0 Å². The number of carbonyl (C=O) groups is 1. The second-order valence-electron chi connectivity index (χ2n) is 8.74. The Morgan fingerprint density at radius 3 is 2.33 bits per heavy atom. The van der Waals surface area contributed by atoms with Crippen molar-refractivity contribution in [3.05, 3.63) is 110 Å². The number of aryl methyl sites for hydroxylation is 1. The van der Waals surface area contributed by atoms with Crippen LogP contribution in [0, 0.1) is 20.8 Å². The summed E-state index contributed by atoms with van der Waals surface area (Å²) >= 11 is 18.9. The Bertz CT molecular complexity index is 1670. The number of benzene rings is 3. The highest BCUT2D eigenvalue weighted by molar-refractivity contribution is 7.92. The second-order valence-corrected chi connectivity index (χ2v) is 11.8. The van der Waals surface area contributed by atoms with Crippen molar-refractivity contribution in [2.45, 2.75) is 25.7 Å². The van der Waals surface area contributed by atoms with Gasteiger partial charge < -0.3 is 4.57 Å². The van der Waals surface area contributed by atoms with E-state index in [0.29, 0.717) is 26.3 Å². The normalized spacial score (nSPS) is 11.6. The lowest BCUT2D eigenvalue weighted by Crippen LogP contribution is -2.40. The first-order valence-corrected chi connectivity index (χ1v) is 14.4. The van der Waals surface area contributed by atoms with Crippen LogP contribution >= 0.6 is 34.8 Å². The molecule has 0 fully saturated rings. The van der Waals surface area contributed by atoms with E-state index in [1.54, 1.807) is 49.4 Å². The average molecular weight is 604 g/mol. The number of nitrogens with one attached hydrogen (secondary N) is 1. The van der Waals surface area contributed by atoms with Gasteiger partial charge in [-0.1, -0.05) is 65.1 Å². The topological polar surface area (TPSA) is 83.8 Å². The molecule has 3 aromatic carbocycles. The molecule has 0 aliphatic heterocycles. The zero-order valence-corrected chi connectivity index (χ0v) is 24.4. The molecular formula is C28H25Cl3N4O3S. The summed E-state index contributed by atoms with van der Waals surface area (Å²) in [5.74, 6) is -0.628. The maximum Gasteiger partial charge on any atom is 0.264 e. The Kier molecular flexibility index (Phi) is 8.71. The van der Waals surface area contributed by atoms with E-state index in [-0.39, 0.29) is 4.90 Å². The number of hydrogen-bond acceptors (Lipinski definition) is 4. The van der Waals surface area contributed by atoms with E-state index in [1.165, 1.54) is 18.3 Å². The van der Waals surface area contributed by atoms with E-state index in [0.717, 1.165) is 26.9 Å². The highest BCUT2D eigenvalue weighted by atomic mass is 35.5. The molecule has 0 unspecified atom stereocenters. The lowest BCUT2D eigenvalue weighted by molar-refractivity contribution is -0.119.